The van der Waals surface area contributed by atoms with Crippen molar-refractivity contribution in [2.75, 3.05) is 11.1 Å². The summed E-state index contributed by atoms with van der Waals surface area (Å²) in [7, 11) is 0. The van der Waals surface area contributed by atoms with Gasteiger partial charge in [-0.3, -0.25) is 9.59 Å². The number of aromatic amines is 1. The van der Waals surface area contributed by atoms with Crippen LogP contribution in [-0.2, 0) is 4.79 Å². The second kappa shape index (κ2) is 7.30. The highest BCUT2D eigenvalue weighted by molar-refractivity contribution is 7.99. The van der Waals surface area contributed by atoms with Crippen LogP contribution in [0, 0.1) is 11.2 Å². The molecule has 1 unspecified atom stereocenters. The molecule has 0 radical (unpaired) electrons. The smallest absolute Gasteiger partial charge is 0.257 e. The summed E-state index contributed by atoms with van der Waals surface area (Å²) in [5.41, 5.74) is 1.71. The highest BCUT2D eigenvalue weighted by Gasteiger charge is 2.42. The average molecular weight is 412 g/mol. The lowest BCUT2D eigenvalue weighted by Gasteiger charge is -2.38. The number of nitrogens with one attached hydrogen (secondary N) is 2. The van der Waals surface area contributed by atoms with E-state index in [1.54, 1.807) is 18.2 Å². The summed E-state index contributed by atoms with van der Waals surface area (Å²) in [6.45, 7) is 7.77. The normalized spacial score (nSPS) is 20.0. The van der Waals surface area contributed by atoms with Crippen LogP contribution in [0.2, 0.25) is 0 Å². The minimum atomic E-state index is -0.643. The van der Waals surface area contributed by atoms with Gasteiger partial charge in [-0.1, -0.05) is 43.8 Å². The Bertz CT molecular complexity index is 1100. The number of ketones is 1. The molecule has 7 heteroatoms. The molecule has 1 aromatic heterocycles. The van der Waals surface area contributed by atoms with Gasteiger partial charge in [-0.15, -0.1) is 6.58 Å². The third-order valence-corrected chi connectivity index (χ3v) is 6.09. The molecule has 0 saturated heterocycles. The molecule has 0 amide bonds. The highest BCUT2D eigenvalue weighted by Crippen LogP contribution is 2.47. The second-order valence-electron chi connectivity index (χ2n) is 8.18. The molecule has 4 rings (SSSR count). The molecule has 5 nitrogen and oxygen atoms in total. The Morgan fingerprint density at radius 1 is 1.34 bits per heavy atom. The number of carbonyl (C=O) groups is 1. The summed E-state index contributed by atoms with van der Waals surface area (Å²) in [6, 6.07) is 6.08. The van der Waals surface area contributed by atoms with Gasteiger partial charge in [0.25, 0.3) is 5.56 Å². The Hall–Kier alpha value is -2.67. The molecule has 1 aliphatic heterocycles. The van der Waals surface area contributed by atoms with Gasteiger partial charge < -0.3 is 10.3 Å². The molecule has 1 atom stereocenters. The first kappa shape index (κ1) is 19.6. The molecule has 1 aliphatic carbocycles. The summed E-state index contributed by atoms with van der Waals surface area (Å²) >= 11 is 1.37. The van der Waals surface area contributed by atoms with Crippen molar-refractivity contribution in [2.24, 2.45) is 5.41 Å². The predicted octanol–water partition coefficient (Wildman–Crippen LogP) is 4.39. The van der Waals surface area contributed by atoms with E-state index in [2.05, 4.69) is 21.9 Å². The first-order valence-electron chi connectivity index (χ1n) is 9.46. The van der Waals surface area contributed by atoms with Crippen LogP contribution in [0.1, 0.15) is 43.7 Å². The first-order chi connectivity index (χ1) is 13.8. The van der Waals surface area contributed by atoms with E-state index in [1.807, 2.05) is 13.8 Å². The van der Waals surface area contributed by atoms with Crippen LogP contribution in [0.25, 0.3) is 0 Å². The van der Waals surface area contributed by atoms with Crippen LogP contribution < -0.4 is 10.9 Å². The second-order valence-corrected chi connectivity index (χ2v) is 9.19. The maximum absolute atomic E-state index is 14.0. The van der Waals surface area contributed by atoms with Gasteiger partial charge in [-0.2, -0.15) is 0 Å². The van der Waals surface area contributed by atoms with Gasteiger partial charge >= 0.3 is 0 Å². The Labute approximate surface area is 172 Å². The van der Waals surface area contributed by atoms with E-state index in [0.29, 0.717) is 46.3 Å². The van der Waals surface area contributed by atoms with Crippen LogP contribution in [0.15, 0.2) is 58.1 Å². The van der Waals surface area contributed by atoms with Crippen molar-refractivity contribution >= 4 is 23.4 Å². The number of nitrogens with zero attached hydrogens (tertiary/aromatic N) is 1. The van der Waals surface area contributed by atoms with Gasteiger partial charge in [-0.25, -0.2) is 9.37 Å². The number of hydrogen-bond acceptors (Lipinski definition) is 5. The van der Waals surface area contributed by atoms with E-state index in [-0.39, 0.29) is 16.8 Å². The lowest BCUT2D eigenvalue weighted by atomic mass is 9.69. The number of benzene rings is 1. The fourth-order valence-electron chi connectivity index (χ4n) is 4.12. The zero-order valence-corrected chi connectivity index (χ0v) is 17.2. The number of thioether (sulfide) groups is 1. The van der Waals surface area contributed by atoms with E-state index < -0.39 is 11.7 Å². The summed E-state index contributed by atoms with van der Waals surface area (Å²) in [5.74, 6) is -0.0350. The zero-order valence-electron chi connectivity index (χ0n) is 16.3. The maximum atomic E-state index is 14.0. The van der Waals surface area contributed by atoms with Crippen LogP contribution in [0.3, 0.4) is 0 Å². The topological polar surface area (TPSA) is 74.8 Å². The molecule has 2 aliphatic rings. The van der Waals surface area contributed by atoms with Gasteiger partial charge in [0.05, 0.1) is 5.56 Å². The summed E-state index contributed by atoms with van der Waals surface area (Å²) in [6.07, 6.45) is 2.77. The minimum absolute atomic E-state index is 0.0202. The van der Waals surface area contributed by atoms with Crippen molar-refractivity contribution < 1.29 is 9.18 Å². The number of fused-ring (bicyclic) bond motifs is 1. The number of rotatable bonds is 4. The lowest BCUT2D eigenvalue weighted by molar-refractivity contribution is -0.118. The average Bonchev–Trinajstić information content (AvgIpc) is 2.63. The van der Waals surface area contributed by atoms with Crippen molar-refractivity contribution in [3.8, 4) is 0 Å². The van der Waals surface area contributed by atoms with E-state index in [9.17, 15) is 14.0 Å². The molecule has 29 heavy (non-hydrogen) atoms. The molecule has 2 heterocycles. The van der Waals surface area contributed by atoms with E-state index >= 15 is 0 Å². The Morgan fingerprint density at radius 3 is 2.86 bits per heavy atom. The number of carbonyl (C=O) groups excluding carboxylic acids is 1. The van der Waals surface area contributed by atoms with Crippen molar-refractivity contribution in [1.29, 1.82) is 0 Å². The van der Waals surface area contributed by atoms with Crippen molar-refractivity contribution in [1.82, 2.24) is 9.97 Å². The molecule has 0 saturated carbocycles. The fraction of sp³-hybridized carbons (Fsp3) is 0.318. The summed E-state index contributed by atoms with van der Waals surface area (Å²) in [4.78, 5) is 33.5. The van der Waals surface area contributed by atoms with Gasteiger partial charge in [0.1, 0.15) is 11.6 Å². The van der Waals surface area contributed by atoms with E-state index in [4.69, 9.17) is 0 Å². The summed E-state index contributed by atoms with van der Waals surface area (Å²) < 4.78 is 14.0. The SMILES string of the molecule is C=CCSc1nc2c(c(=O)[nH]1)C(c1cccc(F)c1)C1=C(CC(C)(C)CC1=O)N2. The molecule has 2 aromatic rings. The lowest BCUT2D eigenvalue weighted by Crippen LogP contribution is -2.37. The molecule has 0 fully saturated rings. The van der Waals surface area contributed by atoms with Crippen LogP contribution >= 0.6 is 11.8 Å². The third-order valence-electron chi connectivity index (χ3n) is 5.22. The molecular weight excluding hydrogens is 389 g/mol. The molecule has 150 valence electrons. The largest absolute Gasteiger partial charge is 0.343 e. The minimum Gasteiger partial charge on any atom is -0.343 e. The Kier molecular flexibility index (Phi) is 4.94. The molecular formula is C22H22FN3O2S. The first-order valence-corrected chi connectivity index (χ1v) is 10.4. The third kappa shape index (κ3) is 3.67. The molecule has 0 spiro atoms. The standard InChI is InChI=1S/C22H22FN3O2S/c1-4-8-29-21-25-19-18(20(28)26-21)16(12-6-5-7-13(23)9-12)17-14(24-19)10-22(2,3)11-15(17)27/h4-7,9,16H,1,8,10-11H2,2-3H3,(H2,24,25,26,28). The summed E-state index contributed by atoms with van der Waals surface area (Å²) in [5, 5.41) is 3.73. The Balaban J connectivity index is 1.93. The fourth-order valence-corrected chi connectivity index (χ4v) is 4.72. The number of allylic oxidation sites excluding steroid dienone is 2. The van der Waals surface area contributed by atoms with Crippen molar-refractivity contribution in [3.63, 3.8) is 0 Å². The monoisotopic (exact) mass is 411 g/mol. The van der Waals surface area contributed by atoms with Gasteiger partial charge in [0, 0.05) is 29.4 Å². The van der Waals surface area contributed by atoms with Gasteiger partial charge in [0.15, 0.2) is 10.9 Å². The van der Waals surface area contributed by atoms with E-state index in [0.717, 1.165) is 5.70 Å². The molecule has 2 N–H and O–H groups in total. The number of aromatic nitrogens is 2. The van der Waals surface area contributed by atoms with Crippen molar-refractivity contribution in [2.45, 2.75) is 37.8 Å². The number of halogens is 1. The number of H-pyrrole nitrogens is 1. The maximum Gasteiger partial charge on any atom is 0.257 e. The van der Waals surface area contributed by atoms with Crippen molar-refractivity contribution in [3.05, 3.63) is 75.5 Å². The quantitative estimate of drug-likeness (QED) is 0.443. The zero-order chi connectivity index (χ0) is 20.8. The van der Waals surface area contributed by atoms with Crippen LogP contribution in [0.4, 0.5) is 10.2 Å². The number of anilines is 1. The Morgan fingerprint density at radius 2 is 2.14 bits per heavy atom. The number of hydrogen-bond donors (Lipinski definition) is 2. The van der Waals surface area contributed by atoms with Gasteiger partial charge in [-0.05, 0) is 29.5 Å². The van der Waals surface area contributed by atoms with Crippen LogP contribution in [0.5, 0.6) is 0 Å². The number of Topliss-reactive ketones (excluding diaryl/α,β-unsaturated/α-hetero) is 1. The van der Waals surface area contributed by atoms with E-state index in [1.165, 1.54) is 23.9 Å². The van der Waals surface area contributed by atoms with Crippen LogP contribution in [-0.4, -0.2) is 21.5 Å². The molecule has 1 aromatic carbocycles. The highest BCUT2D eigenvalue weighted by atomic mass is 32.2. The van der Waals surface area contributed by atoms with Gasteiger partial charge in [0.2, 0.25) is 0 Å². The predicted molar refractivity (Wildman–Crippen MR) is 113 cm³/mol. The molecule has 0 bridgehead atoms.